The van der Waals surface area contributed by atoms with Gasteiger partial charge in [0.25, 0.3) is 5.91 Å². The van der Waals surface area contributed by atoms with Gasteiger partial charge in [-0.1, -0.05) is 6.07 Å². The number of nitrogens with zero attached hydrogens (tertiary/aromatic N) is 1. The number of likely N-dealkylation sites (N-methyl/N-ethyl adjacent to an activating group) is 1. The Balaban J connectivity index is 1.75. The Bertz CT molecular complexity index is 760. The van der Waals surface area contributed by atoms with Gasteiger partial charge in [0.05, 0.1) is 17.3 Å². The lowest BCUT2D eigenvalue weighted by molar-refractivity contribution is -0.150. The van der Waals surface area contributed by atoms with E-state index in [1.165, 1.54) is 22.2 Å². The maximum Gasteiger partial charge on any atom is 0.316 e. The maximum atomic E-state index is 12.0. The molecule has 1 saturated heterocycles. The number of carbonyl (C=O) groups is 2. The molecule has 1 heterocycles. The molecule has 0 saturated carbocycles. The molecule has 0 spiro atoms. The first-order valence-corrected chi connectivity index (χ1v) is 10.8. The molecule has 25 heavy (non-hydrogen) atoms. The lowest BCUT2D eigenvalue weighted by Crippen LogP contribution is -2.40. The maximum absolute atomic E-state index is 12.0. The monoisotopic (exact) mass is 385 g/mol. The molecular weight excluding hydrogens is 362 g/mol. The van der Waals surface area contributed by atoms with Crippen molar-refractivity contribution in [3.63, 3.8) is 0 Å². The summed E-state index contributed by atoms with van der Waals surface area (Å²) in [6.45, 7) is 3.67. The zero-order chi connectivity index (χ0) is 18.6. The number of benzene rings is 1. The van der Waals surface area contributed by atoms with Crippen LogP contribution in [0.25, 0.3) is 0 Å². The fourth-order valence-electron chi connectivity index (χ4n) is 2.52. The Morgan fingerprint density at radius 2 is 2.00 bits per heavy atom. The summed E-state index contributed by atoms with van der Waals surface area (Å²) in [5.74, 6) is -0.652. The fourth-order valence-corrected chi connectivity index (χ4v) is 5.08. The van der Waals surface area contributed by atoms with E-state index >= 15 is 0 Å². The molecule has 1 fully saturated rings. The number of esters is 1. The zero-order valence-electron chi connectivity index (χ0n) is 14.6. The minimum absolute atomic E-state index is 0.0220. The molecule has 0 radical (unpaired) electrons. The predicted molar refractivity (Wildman–Crippen MR) is 97.4 cm³/mol. The number of hydrogen-bond donors (Lipinski definition) is 0. The highest BCUT2D eigenvalue weighted by Crippen LogP contribution is 2.21. The van der Waals surface area contributed by atoms with Gasteiger partial charge in [0.2, 0.25) is 0 Å². The van der Waals surface area contributed by atoms with Gasteiger partial charge in [-0.15, -0.1) is 11.8 Å². The summed E-state index contributed by atoms with van der Waals surface area (Å²) < 4.78 is 28.0. The number of amides is 1. The number of ether oxygens (including phenoxy) is 1. The van der Waals surface area contributed by atoms with Crippen LogP contribution in [0.2, 0.25) is 0 Å². The first-order chi connectivity index (χ1) is 11.7. The minimum atomic E-state index is -3.06. The van der Waals surface area contributed by atoms with Crippen LogP contribution in [0.5, 0.6) is 0 Å². The highest BCUT2D eigenvalue weighted by molar-refractivity contribution is 8.00. The molecule has 1 aliphatic rings. The number of carbonyl (C=O) groups excluding carboxylic acids is 2. The Kier molecular flexibility index (Phi) is 6.51. The van der Waals surface area contributed by atoms with E-state index < -0.39 is 15.8 Å². The van der Waals surface area contributed by atoms with E-state index in [0.717, 1.165) is 10.5 Å². The molecule has 0 unspecified atom stereocenters. The van der Waals surface area contributed by atoms with Crippen LogP contribution < -0.4 is 0 Å². The molecule has 0 N–H and O–H groups in total. The van der Waals surface area contributed by atoms with Crippen LogP contribution in [0.3, 0.4) is 0 Å². The van der Waals surface area contributed by atoms with Gasteiger partial charge in [-0.2, -0.15) is 0 Å². The predicted octanol–water partition coefficient (Wildman–Crippen LogP) is 1.58. The third-order valence-corrected chi connectivity index (χ3v) is 7.06. The lowest BCUT2D eigenvalue weighted by atomic mass is 10.1. The summed E-state index contributed by atoms with van der Waals surface area (Å²) in [6.07, 6.45) is 0.432. The molecule has 0 bridgehead atoms. The summed E-state index contributed by atoms with van der Waals surface area (Å²) in [4.78, 5) is 26.2. The second-order valence-electron chi connectivity index (χ2n) is 6.26. The van der Waals surface area contributed by atoms with Gasteiger partial charge < -0.3 is 9.64 Å². The third kappa shape index (κ3) is 5.74. The van der Waals surface area contributed by atoms with Gasteiger partial charge in [0.15, 0.2) is 16.4 Å². The molecule has 1 atom stereocenters. The van der Waals surface area contributed by atoms with E-state index in [2.05, 4.69) is 0 Å². The fraction of sp³-hybridized carbons (Fsp3) is 0.529. The Morgan fingerprint density at radius 3 is 2.60 bits per heavy atom. The van der Waals surface area contributed by atoms with Crippen LogP contribution in [0.15, 0.2) is 23.1 Å². The van der Waals surface area contributed by atoms with Crippen LogP contribution in [0.4, 0.5) is 0 Å². The van der Waals surface area contributed by atoms with Crippen molar-refractivity contribution in [1.29, 1.82) is 0 Å². The number of rotatable bonds is 6. The molecule has 1 aromatic rings. The van der Waals surface area contributed by atoms with E-state index in [1.807, 2.05) is 32.0 Å². The van der Waals surface area contributed by atoms with Gasteiger partial charge in [-0.05, 0) is 43.5 Å². The average Bonchev–Trinajstić information content (AvgIpc) is 2.92. The van der Waals surface area contributed by atoms with Gasteiger partial charge >= 0.3 is 5.97 Å². The molecular formula is C17H23NO5S2. The van der Waals surface area contributed by atoms with Crippen molar-refractivity contribution in [3.8, 4) is 0 Å². The van der Waals surface area contributed by atoms with Gasteiger partial charge in [0, 0.05) is 18.0 Å². The van der Waals surface area contributed by atoms with Crippen molar-refractivity contribution in [2.75, 3.05) is 30.9 Å². The largest absolute Gasteiger partial charge is 0.455 e. The lowest BCUT2D eigenvalue weighted by Gasteiger charge is -2.23. The van der Waals surface area contributed by atoms with Gasteiger partial charge in [0.1, 0.15) is 0 Å². The normalized spacial score (nSPS) is 18.8. The number of thioether (sulfide) groups is 1. The quantitative estimate of drug-likeness (QED) is 0.546. The summed E-state index contributed by atoms with van der Waals surface area (Å²) in [5, 5.41) is 0. The van der Waals surface area contributed by atoms with Crippen molar-refractivity contribution in [1.82, 2.24) is 4.90 Å². The number of hydrogen-bond acceptors (Lipinski definition) is 6. The standard InChI is InChI=1S/C17H23NO5S2/c1-12-4-5-15(8-13(12)2)24-10-17(20)23-9-16(19)18(3)14-6-7-25(21,22)11-14/h4-5,8,14H,6-7,9-11H2,1-3H3/t14-/m1/s1. The van der Waals surface area contributed by atoms with Crippen molar-refractivity contribution in [2.24, 2.45) is 0 Å². The Labute approximate surface area is 152 Å². The summed E-state index contributed by atoms with van der Waals surface area (Å²) in [6, 6.07) is 5.62. The Hall–Kier alpha value is -1.54. The molecule has 0 aliphatic carbocycles. The minimum Gasteiger partial charge on any atom is -0.455 e. The Morgan fingerprint density at radius 1 is 1.28 bits per heavy atom. The van der Waals surface area contributed by atoms with Crippen LogP contribution in [0, 0.1) is 13.8 Å². The van der Waals surface area contributed by atoms with Crippen LogP contribution in [0.1, 0.15) is 17.5 Å². The SMILES string of the molecule is Cc1ccc(SCC(=O)OCC(=O)N(C)[C@@H]2CCS(=O)(=O)C2)cc1C. The van der Waals surface area contributed by atoms with Gasteiger partial charge in [-0.3, -0.25) is 9.59 Å². The van der Waals surface area contributed by atoms with E-state index in [0.29, 0.717) is 6.42 Å². The summed E-state index contributed by atoms with van der Waals surface area (Å²) in [5.41, 5.74) is 2.34. The number of sulfone groups is 1. The topological polar surface area (TPSA) is 80.8 Å². The first-order valence-electron chi connectivity index (χ1n) is 8.00. The third-order valence-electron chi connectivity index (χ3n) is 4.34. The van der Waals surface area contributed by atoms with Crippen LogP contribution in [-0.4, -0.2) is 62.1 Å². The smallest absolute Gasteiger partial charge is 0.316 e. The number of aryl methyl sites for hydroxylation is 2. The summed E-state index contributed by atoms with van der Waals surface area (Å²) in [7, 11) is -1.51. The molecule has 8 heteroatoms. The van der Waals surface area contributed by atoms with E-state index in [9.17, 15) is 18.0 Å². The van der Waals surface area contributed by atoms with Crippen molar-refractivity contribution >= 4 is 33.5 Å². The highest BCUT2D eigenvalue weighted by atomic mass is 32.2. The van der Waals surface area contributed by atoms with Crippen LogP contribution >= 0.6 is 11.8 Å². The molecule has 6 nitrogen and oxygen atoms in total. The highest BCUT2D eigenvalue weighted by Gasteiger charge is 2.32. The van der Waals surface area contributed by atoms with Crippen molar-refractivity contribution in [2.45, 2.75) is 31.2 Å². The summed E-state index contributed by atoms with van der Waals surface area (Å²) >= 11 is 1.36. The van der Waals surface area contributed by atoms with E-state index in [4.69, 9.17) is 4.74 Å². The van der Waals surface area contributed by atoms with Crippen LogP contribution in [-0.2, 0) is 24.2 Å². The first kappa shape index (κ1) is 19.8. The molecule has 138 valence electrons. The second-order valence-corrected chi connectivity index (χ2v) is 9.53. The zero-order valence-corrected chi connectivity index (χ0v) is 16.3. The molecule has 0 aromatic heterocycles. The van der Waals surface area contributed by atoms with E-state index in [1.54, 1.807) is 7.05 Å². The van der Waals surface area contributed by atoms with Gasteiger partial charge in [-0.25, -0.2) is 8.42 Å². The average molecular weight is 386 g/mol. The molecule has 2 rings (SSSR count). The van der Waals surface area contributed by atoms with Crippen molar-refractivity contribution < 1.29 is 22.7 Å². The van der Waals surface area contributed by atoms with Crippen molar-refractivity contribution in [3.05, 3.63) is 29.3 Å². The van der Waals surface area contributed by atoms with E-state index in [-0.39, 0.29) is 35.8 Å². The molecule has 1 aromatic carbocycles. The molecule has 1 aliphatic heterocycles. The molecule has 1 amide bonds. The second kappa shape index (κ2) is 8.23.